The summed E-state index contributed by atoms with van der Waals surface area (Å²) < 4.78 is 83.2. The van der Waals surface area contributed by atoms with Crippen molar-refractivity contribution < 1.29 is 59.3 Å². The summed E-state index contributed by atoms with van der Waals surface area (Å²) in [6.07, 6.45) is -0.843. The second-order valence-electron chi connectivity index (χ2n) is 17.0. The molecule has 0 unspecified atom stereocenters. The van der Waals surface area contributed by atoms with E-state index in [-0.39, 0.29) is 28.5 Å². The van der Waals surface area contributed by atoms with Crippen LogP contribution in [0.15, 0.2) is 180 Å². The Labute approximate surface area is 425 Å². The molecule has 22 heteroatoms. The summed E-state index contributed by atoms with van der Waals surface area (Å²) in [6.45, 7) is 5.00. The highest BCUT2D eigenvalue weighted by Gasteiger charge is 2.55. The number of β-lactam (4-membered cyclic amide) rings is 1. The first-order valence-electron chi connectivity index (χ1n) is 22.1. The molecule has 0 radical (unpaired) electrons. The molecule has 2 atom stereocenters. The summed E-state index contributed by atoms with van der Waals surface area (Å²) in [7, 11) is -6.09. The van der Waals surface area contributed by atoms with Gasteiger partial charge in [0.15, 0.2) is 6.10 Å². The molecule has 8 rings (SSSR count). The van der Waals surface area contributed by atoms with Crippen molar-refractivity contribution >= 4 is 68.1 Å². The first-order valence-corrected chi connectivity index (χ1v) is 25.3. The van der Waals surface area contributed by atoms with Gasteiger partial charge >= 0.3 is 27.7 Å². The molecule has 6 aromatic rings. The lowest BCUT2D eigenvalue weighted by Crippen LogP contribution is -2.71. The smallest absolute Gasteiger partial charge is 0.448 e. The van der Waals surface area contributed by atoms with E-state index in [1.807, 2.05) is 91.0 Å². The zero-order valence-electron chi connectivity index (χ0n) is 38.8. The van der Waals surface area contributed by atoms with Crippen LogP contribution in [0.4, 0.5) is 23.1 Å². The van der Waals surface area contributed by atoms with E-state index in [0.717, 1.165) is 22.7 Å². The van der Waals surface area contributed by atoms with Gasteiger partial charge in [0, 0.05) is 34.0 Å². The average molecular weight is 1050 g/mol. The minimum Gasteiger partial charge on any atom is -0.448 e. The third kappa shape index (κ3) is 11.5. The van der Waals surface area contributed by atoms with Crippen LogP contribution >= 0.6 is 23.3 Å². The second kappa shape index (κ2) is 21.5. The quantitative estimate of drug-likeness (QED) is 0.0136. The number of halogens is 3. The average Bonchev–Trinajstić information content (AvgIpc) is 3.83. The first-order chi connectivity index (χ1) is 34.9. The van der Waals surface area contributed by atoms with Crippen LogP contribution < -0.4 is 10.6 Å². The van der Waals surface area contributed by atoms with Crippen molar-refractivity contribution in [3.8, 4) is 0 Å². The van der Waals surface area contributed by atoms with Crippen LogP contribution in [0.3, 0.4) is 0 Å². The van der Waals surface area contributed by atoms with Gasteiger partial charge in [0.05, 0.1) is 0 Å². The fourth-order valence-electron chi connectivity index (χ4n) is 7.69. The number of thioether (sulfide) groups is 1. The van der Waals surface area contributed by atoms with Crippen molar-refractivity contribution in [2.75, 3.05) is 11.1 Å². The normalized spacial score (nSPS) is 16.3. The summed E-state index contributed by atoms with van der Waals surface area (Å²) in [5.41, 5.74) is -6.38. The number of amides is 3. The number of esters is 1. The van der Waals surface area contributed by atoms with Gasteiger partial charge in [-0.3, -0.25) is 19.8 Å². The Morgan fingerprint density at radius 3 is 1.79 bits per heavy atom. The maximum Gasteiger partial charge on any atom is 0.534 e. The predicted molar refractivity (Wildman–Crippen MR) is 265 cm³/mol. The molecule has 0 aliphatic carbocycles. The van der Waals surface area contributed by atoms with Crippen LogP contribution in [0.5, 0.6) is 0 Å². The number of rotatable bonds is 16. The number of aromatic nitrogens is 2. The summed E-state index contributed by atoms with van der Waals surface area (Å²) in [6, 6.07) is 43.1. The lowest BCUT2D eigenvalue weighted by atomic mass is 9.80. The van der Waals surface area contributed by atoms with Crippen molar-refractivity contribution in [2.24, 2.45) is 5.16 Å². The standard InChI is InChI=1S/C51H43F3N6O10S3/c1-49(2,3)69-48(64)57-47-56-42(59-72-47)38(58-70-50(35-23-13-6-14-24-35,36-25-15-7-16-26-36)37-27-17-8-18-28-37)43(61)55-39-44(62)60-40(34(31-71-45(39)60)29-30-67-73(65,66)51(52,53)54)46(63)68-41(32-19-9-4-10-20-32)33-21-11-5-12-22-33/h4-30,39,41,45H,31H2,1-3H3,(H,55,61)(H,56,57,59,64)/b30-29+,58-38-/t39-,45-/m1/s1. The van der Waals surface area contributed by atoms with E-state index in [0.29, 0.717) is 39.3 Å². The van der Waals surface area contributed by atoms with Crippen molar-refractivity contribution in [3.63, 3.8) is 0 Å². The molecule has 376 valence electrons. The van der Waals surface area contributed by atoms with Gasteiger partial charge in [-0.2, -0.15) is 30.9 Å². The zero-order chi connectivity index (χ0) is 52.0. The Morgan fingerprint density at radius 1 is 0.795 bits per heavy atom. The predicted octanol–water partition coefficient (Wildman–Crippen LogP) is 8.96. The number of fused-ring (bicyclic) bond motifs is 1. The highest BCUT2D eigenvalue weighted by atomic mass is 32.2. The molecule has 2 N–H and O–H groups in total. The Kier molecular flexibility index (Phi) is 15.2. The molecule has 3 amide bonds. The van der Waals surface area contributed by atoms with Crippen molar-refractivity contribution in [1.29, 1.82) is 0 Å². The monoisotopic (exact) mass is 1050 g/mol. The van der Waals surface area contributed by atoms with E-state index < -0.39 is 79.6 Å². The number of ether oxygens (including phenoxy) is 2. The highest BCUT2D eigenvalue weighted by molar-refractivity contribution is 8.00. The number of hydrogen-bond acceptors (Lipinski definition) is 15. The first kappa shape index (κ1) is 51.5. The molecule has 0 bridgehead atoms. The van der Waals surface area contributed by atoms with Gasteiger partial charge in [-0.15, -0.1) is 11.8 Å². The van der Waals surface area contributed by atoms with Crippen LogP contribution in [-0.4, -0.2) is 80.5 Å². The molecule has 1 fully saturated rings. The molecule has 0 saturated carbocycles. The Morgan fingerprint density at radius 2 is 1.30 bits per heavy atom. The summed E-state index contributed by atoms with van der Waals surface area (Å²) in [4.78, 5) is 68.5. The fraction of sp³-hybridized carbons (Fsp3) is 0.196. The number of anilines is 1. The topological polar surface area (TPSA) is 205 Å². The van der Waals surface area contributed by atoms with Crippen LogP contribution in [-0.2, 0) is 48.6 Å². The molecule has 3 heterocycles. The van der Waals surface area contributed by atoms with Gasteiger partial charge in [0.25, 0.3) is 11.8 Å². The maximum absolute atomic E-state index is 14.8. The van der Waals surface area contributed by atoms with Gasteiger partial charge in [-0.05, 0) is 43.5 Å². The molecule has 2 aliphatic heterocycles. The highest BCUT2D eigenvalue weighted by Crippen LogP contribution is 2.43. The lowest BCUT2D eigenvalue weighted by Gasteiger charge is -2.49. The minimum atomic E-state index is -6.09. The molecule has 16 nitrogen and oxygen atoms in total. The Balaban J connectivity index is 1.16. The van der Waals surface area contributed by atoms with E-state index in [1.165, 1.54) is 0 Å². The van der Waals surface area contributed by atoms with Crippen LogP contribution in [0.1, 0.15) is 60.5 Å². The zero-order valence-corrected chi connectivity index (χ0v) is 41.2. The lowest BCUT2D eigenvalue weighted by molar-refractivity contribution is -0.154. The molecule has 2 aliphatic rings. The molecule has 73 heavy (non-hydrogen) atoms. The van der Waals surface area contributed by atoms with Crippen LogP contribution in [0.25, 0.3) is 0 Å². The molecule has 1 saturated heterocycles. The van der Waals surface area contributed by atoms with E-state index in [4.69, 9.17) is 14.3 Å². The number of alkyl halides is 3. The minimum absolute atomic E-state index is 0.0795. The van der Waals surface area contributed by atoms with Gasteiger partial charge in [0.1, 0.15) is 29.0 Å². The molecule has 1 aromatic heterocycles. The Hall–Kier alpha value is -7.82. The van der Waals surface area contributed by atoms with E-state index in [9.17, 15) is 40.8 Å². The largest absolute Gasteiger partial charge is 0.534 e. The van der Waals surface area contributed by atoms with Gasteiger partial charge in [-0.1, -0.05) is 157 Å². The van der Waals surface area contributed by atoms with Crippen LogP contribution in [0.2, 0.25) is 0 Å². The number of carbonyl (C=O) groups excluding carboxylic acids is 4. The maximum atomic E-state index is 14.8. The van der Waals surface area contributed by atoms with Gasteiger partial charge < -0.3 is 23.8 Å². The Bertz CT molecular complexity index is 3040. The van der Waals surface area contributed by atoms with Crippen molar-refractivity contribution in [1.82, 2.24) is 19.6 Å². The summed E-state index contributed by atoms with van der Waals surface area (Å²) >= 11 is 1.69. The fourth-order valence-corrected chi connectivity index (χ4v) is 9.88. The second-order valence-corrected chi connectivity index (χ2v) is 20.4. The summed E-state index contributed by atoms with van der Waals surface area (Å²) in [5.74, 6) is -3.54. The number of hydrogen-bond donors (Lipinski definition) is 2. The molecule has 0 spiro atoms. The van der Waals surface area contributed by atoms with E-state index >= 15 is 0 Å². The number of benzene rings is 5. The van der Waals surface area contributed by atoms with Gasteiger partial charge in [0.2, 0.25) is 22.3 Å². The van der Waals surface area contributed by atoms with E-state index in [1.54, 1.807) is 81.4 Å². The summed E-state index contributed by atoms with van der Waals surface area (Å²) in [5, 5.41) is 8.52. The van der Waals surface area contributed by atoms with Gasteiger partial charge in [-0.25, -0.2) is 9.59 Å². The van der Waals surface area contributed by atoms with Crippen LogP contribution in [0, 0.1) is 0 Å². The third-order valence-electron chi connectivity index (χ3n) is 10.9. The van der Waals surface area contributed by atoms with Crippen molar-refractivity contribution in [2.45, 2.75) is 55.0 Å². The van der Waals surface area contributed by atoms with E-state index in [2.05, 4.69) is 29.3 Å². The number of carbonyl (C=O) groups is 4. The third-order valence-corrected chi connectivity index (χ3v) is 13.8. The van der Waals surface area contributed by atoms with Crippen molar-refractivity contribution in [3.05, 3.63) is 209 Å². The number of oxime groups is 1. The molecular formula is C51H43F3N6O10S3. The number of nitrogens with one attached hydrogen (secondary N) is 2. The molecule has 5 aromatic carbocycles. The molecular weight excluding hydrogens is 1010 g/mol. The SMILES string of the molecule is CC(C)(C)OC(=O)Nc1nc(/C(=N/OC(c2ccccc2)(c2ccccc2)c2ccccc2)C(=O)N[C@@H]2C(=O)N3C(C(=O)OC(c4ccccc4)c4ccccc4)=C(/C=C/OS(=O)(=O)C(F)(F)F)CS[C@H]23)ns1. The number of nitrogens with zero attached hydrogens (tertiary/aromatic N) is 4. The number of allylic oxidation sites excluding steroid dienone is 1.